The molecule has 0 saturated carbocycles. The zero-order valence-corrected chi connectivity index (χ0v) is 18.6. The molecule has 162 valence electrons. The van der Waals surface area contributed by atoms with Crippen LogP contribution in [0.3, 0.4) is 0 Å². The molecule has 1 fully saturated rings. The highest BCUT2D eigenvalue weighted by molar-refractivity contribution is 7.89. The second-order valence-electron chi connectivity index (χ2n) is 7.70. The Morgan fingerprint density at radius 2 is 1.83 bits per heavy atom. The van der Waals surface area contributed by atoms with Crippen molar-refractivity contribution in [1.82, 2.24) is 9.62 Å². The lowest BCUT2D eigenvalue weighted by Crippen LogP contribution is -2.45. The molecular weight excluding hydrogens is 400 g/mol. The molecular formula is C23H30N2O4S. The van der Waals surface area contributed by atoms with Gasteiger partial charge in [-0.15, -0.1) is 0 Å². The fourth-order valence-electron chi connectivity index (χ4n) is 3.73. The van der Waals surface area contributed by atoms with Crippen LogP contribution < -0.4 is 10.1 Å². The number of amides is 1. The Morgan fingerprint density at radius 1 is 1.17 bits per heavy atom. The molecule has 0 bridgehead atoms. The maximum absolute atomic E-state index is 13.0. The monoisotopic (exact) mass is 430 g/mol. The molecule has 30 heavy (non-hydrogen) atoms. The molecule has 1 aliphatic heterocycles. The van der Waals surface area contributed by atoms with Gasteiger partial charge < -0.3 is 10.1 Å². The molecule has 2 atom stereocenters. The number of nitrogens with one attached hydrogen (secondary N) is 1. The maximum Gasteiger partial charge on any atom is 0.243 e. The van der Waals surface area contributed by atoms with Crippen LogP contribution in [0, 0.1) is 5.92 Å². The zero-order valence-electron chi connectivity index (χ0n) is 17.8. The molecule has 1 aliphatic rings. The fraction of sp³-hybridized carbons (Fsp3) is 0.435. The zero-order chi connectivity index (χ0) is 21.7. The van der Waals surface area contributed by atoms with Gasteiger partial charge in [0.1, 0.15) is 5.75 Å². The second-order valence-corrected chi connectivity index (χ2v) is 9.64. The van der Waals surface area contributed by atoms with E-state index in [0.717, 1.165) is 12.0 Å². The first-order chi connectivity index (χ1) is 14.3. The topological polar surface area (TPSA) is 75.7 Å². The summed E-state index contributed by atoms with van der Waals surface area (Å²) in [6, 6.07) is 14.4. The number of carbonyl (C=O) groups excluding carboxylic acids is 1. The number of carbonyl (C=O) groups is 1. The van der Waals surface area contributed by atoms with Gasteiger partial charge in [-0.05, 0) is 61.6 Å². The normalized spacial score (nSPS) is 18.6. The summed E-state index contributed by atoms with van der Waals surface area (Å²) in [6.07, 6.45) is 2.32. The van der Waals surface area contributed by atoms with Crippen molar-refractivity contribution in [2.45, 2.75) is 44.0 Å². The smallest absolute Gasteiger partial charge is 0.243 e. The number of methoxy groups -OCH3 is 1. The molecule has 7 heteroatoms. The van der Waals surface area contributed by atoms with Gasteiger partial charge in [0, 0.05) is 13.1 Å². The van der Waals surface area contributed by atoms with Crippen LogP contribution in [0.2, 0.25) is 0 Å². The number of nitrogens with zero attached hydrogens (tertiary/aromatic N) is 1. The summed E-state index contributed by atoms with van der Waals surface area (Å²) in [6.45, 7) is 4.68. The quantitative estimate of drug-likeness (QED) is 0.729. The molecule has 2 aromatic rings. The van der Waals surface area contributed by atoms with Gasteiger partial charge in [0.15, 0.2) is 0 Å². The Morgan fingerprint density at radius 3 is 2.43 bits per heavy atom. The molecule has 1 N–H and O–H groups in total. The second kappa shape index (κ2) is 9.62. The van der Waals surface area contributed by atoms with Gasteiger partial charge in [-0.1, -0.05) is 31.2 Å². The molecule has 2 unspecified atom stereocenters. The first-order valence-corrected chi connectivity index (χ1v) is 11.8. The Hall–Kier alpha value is -2.38. The summed E-state index contributed by atoms with van der Waals surface area (Å²) in [5.74, 6) is 0.145. The van der Waals surface area contributed by atoms with Crippen LogP contribution >= 0.6 is 0 Å². The molecule has 2 aromatic carbocycles. The predicted octanol–water partition coefficient (Wildman–Crippen LogP) is 3.54. The van der Waals surface area contributed by atoms with Crippen molar-refractivity contribution < 1.29 is 17.9 Å². The van der Waals surface area contributed by atoms with E-state index in [2.05, 4.69) is 24.4 Å². The largest absolute Gasteiger partial charge is 0.497 e. The van der Waals surface area contributed by atoms with Gasteiger partial charge in [0.25, 0.3) is 0 Å². The van der Waals surface area contributed by atoms with E-state index < -0.39 is 10.0 Å². The molecule has 0 aliphatic carbocycles. The van der Waals surface area contributed by atoms with Gasteiger partial charge >= 0.3 is 0 Å². The first-order valence-electron chi connectivity index (χ1n) is 10.4. The number of benzene rings is 2. The van der Waals surface area contributed by atoms with E-state index in [-0.39, 0.29) is 29.3 Å². The van der Waals surface area contributed by atoms with Crippen molar-refractivity contribution in [3.05, 3.63) is 59.7 Å². The summed E-state index contributed by atoms with van der Waals surface area (Å²) in [5.41, 5.74) is 2.29. The van der Waals surface area contributed by atoms with Crippen LogP contribution in [0.25, 0.3) is 0 Å². The number of aryl methyl sites for hydroxylation is 1. The summed E-state index contributed by atoms with van der Waals surface area (Å²) in [7, 11) is -2.11. The summed E-state index contributed by atoms with van der Waals surface area (Å²) < 4.78 is 32.5. The third-order valence-electron chi connectivity index (χ3n) is 5.70. The van der Waals surface area contributed by atoms with Gasteiger partial charge in [-0.3, -0.25) is 4.79 Å². The van der Waals surface area contributed by atoms with Gasteiger partial charge in [0.05, 0.1) is 24.0 Å². The SMILES string of the molecule is CCc1ccc(C(C)NC(=O)C2CCCN(S(=O)(=O)c3ccc(OC)cc3)C2)cc1. The van der Waals surface area contributed by atoms with Crippen molar-refractivity contribution in [2.75, 3.05) is 20.2 Å². The molecule has 0 aromatic heterocycles. The molecule has 0 spiro atoms. The van der Waals surface area contributed by atoms with Gasteiger partial charge in [-0.2, -0.15) is 4.31 Å². The molecule has 1 saturated heterocycles. The standard InChI is InChI=1S/C23H30N2O4S/c1-4-18-7-9-19(10-8-18)17(2)24-23(26)20-6-5-15-25(16-20)30(27,28)22-13-11-21(29-3)12-14-22/h7-14,17,20H,4-6,15-16H2,1-3H3,(H,24,26). The van der Waals surface area contributed by atoms with E-state index in [0.29, 0.717) is 25.1 Å². The number of hydrogen-bond acceptors (Lipinski definition) is 4. The van der Waals surface area contributed by atoms with Crippen molar-refractivity contribution in [3.8, 4) is 5.75 Å². The number of ether oxygens (including phenoxy) is 1. The van der Waals surface area contributed by atoms with Crippen molar-refractivity contribution >= 4 is 15.9 Å². The molecule has 6 nitrogen and oxygen atoms in total. The molecule has 3 rings (SSSR count). The average molecular weight is 431 g/mol. The van der Waals surface area contributed by atoms with Crippen molar-refractivity contribution in [3.63, 3.8) is 0 Å². The van der Waals surface area contributed by atoms with E-state index in [4.69, 9.17) is 4.74 Å². The van der Waals surface area contributed by atoms with E-state index in [9.17, 15) is 13.2 Å². The maximum atomic E-state index is 13.0. The molecule has 1 heterocycles. The third kappa shape index (κ3) is 5.02. The third-order valence-corrected chi connectivity index (χ3v) is 7.58. The van der Waals surface area contributed by atoms with Crippen LogP contribution in [0.4, 0.5) is 0 Å². The van der Waals surface area contributed by atoms with E-state index in [1.165, 1.54) is 17.0 Å². The average Bonchev–Trinajstić information content (AvgIpc) is 2.79. The van der Waals surface area contributed by atoms with Crippen LogP contribution in [-0.4, -0.2) is 38.8 Å². The number of sulfonamides is 1. The van der Waals surface area contributed by atoms with Crippen LogP contribution in [0.15, 0.2) is 53.4 Å². The van der Waals surface area contributed by atoms with Crippen LogP contribution in [-0.2, 0) is 21.2 Å². The predicted molar refractivity (Wildman–Crippen MR) is 117 cm³/mol. The lowest BCUT2D eigenvalue weighted by Gasteiger charge is -2.32. The van der Waals surface area contributed by atoms with E-state index >= 15 is 0 Å². The minimum Gasteiger partial charge on any atom is -0.497 e. The van der Waals surface area contributed by atoms with Gasteiger partial charge in [-0.25, -0.2) is 8.42 Å². The highest BCUT2D eigenvalue weighted by Gasteiger charge is 2.33. The molecule has 0 radical (unpaired) electrons. The highest BCUT2D eigenvalue weighted by Crippen LogP contribution is 2.26. The Balaban J connectivity index is 1.66. The number of piperidine rings is 1. The van der Waals surface area contributed by atoms with Crippen molar-refractivity contribution in [1.29, 1.82) is 0 Å². The minimum atomic E-state index is -3.64. The van der Waals surface area contributed by atoms with Crippen LogP contribution in [0.5, 0.6) is 5.75 Å². The van der Waals surface area contributed by atoms with Crippen LogP contribution in [0.1, 0.15) is 43.9 Å². The summed E-state index contributed by atoms with van der Waals surface area (Å²) in [5, 5.41) is 3.05. The molecule has 1 amide bonds. The fourth-order valence-corrected chi connectivity index (χ4v) is 5.25. The summed E-state index contributed by atoms with van der Waals surface area (Å²) in [4.78, 5) is 13.1. The lowest BCUT2D eigenvalue weighted by molar-refractivity contribution is -0.126. The lowest BCUT2D eigenvalue weighted by atomic mass is 9.97. The van der Waals surface area contributed by atoms with E-state index in [1.807, 2.05) is 19.1 Å². The Kier molecular flexibility index (Phi) is 7.15. The van der Waals surface area contributed by atoms with Gasteiger partial charge in [0.2, 0.25) is 15.9 Å². The Labute approximate surface area is 179 Å². The minimum absolute atomic E-state index is 0.100. The Bertz CT molecular complexity index is 956. The van der Waals surface area contributed by atoms with E-state index in [1.54, 1.807) is 24.3 Å². The highest BCUT2D eigenvalue weighted by atomic mass is 32.2. The van der Waals surface area contributed by atoms with Crippen molar-refractivity contribution in [2.24, 2.45) is 5.92 Å². The number of rotatable bonds is 7. The first kappa shape index (κ1) is 22.3. The summed E-state index contributed by atoms with van der Waals surface area (Å²) >= 11 is 0. The number of hydrogen-bond donors (Lipinski definition) is 1.